The van der Waals surface area contributed by atoms with E-state index in [9.17, 15) is 8.42 Å². The lowest BCUT2D eigenvalue weighted by Crippen LogP contribution is -1.88. The summed E-state index contributed by atoms with van der Waals surface area (Å²) in [4.78, 5) is 3.32. The first-order valence-electron chi connectivity index (χ1n) is 5.71. The highest BCUT2D eigenvalue weighted by Crippen LogP contribution is 2.25. The number of para-hydroxylation sites is 1. The second-order valence-electron chi connectivity index (χ2n) is 4.28. The van der Waals surface area contributed by atoms with E-state index in [4.69, 9.17) is 9.81 Å². The monoisotopic (exact) mass is 288 g/mol. The average molecular weight is 288 g/mol. The highest BCUT2D eigenvalue weighted by Gasteiger charge is 2.03. The first-order valence-corrected chi connectivity index (χ1v) is 7.56. The van der Waals surface area contributed by atoms with Crippen LogP contribution in [0.25, 0.3) is 21.8 Å². The van der Waals surface area contributed by atoms with Gasteiger partial charge in [-0.1, -0.05) is 18.2 Å². The van der Waals surface area contributed by atoms with Crippen LogP contribution in [0, 0.1) is 11.3 Å². The molecule has 20 heavy (non-hydrogen) atoms. The van der Waals surface area contributed by atoms with Crippen LogP contribution in [-0.4, -0.2) is 24.2 Å². The van der Waals surface area contributed by atoms with Gasteiger partial charge in [0.05, 0.1) is 17.9 Å². The maximum absolute atomic E-state index is 9.19. The summed E-state index contributed by atoms with van der Waals surface area (Å²) >= 11 is 0. The van der Waals surface area contributed by atoms with E-state index >= 15 is 0 Å². The van der Waals surface area contributed by atoms with Crippen LogP contribution in [0.2, 0.25) is 0 Å². The lowest BCUT2D eigenvalue weighted by Gasteiger charge is -1.91. The third kappa shape index (κ3) is 3.35. The van der Waals surface area contributed by atoms with Crippen molar-refractivity contribution in [1.29, 1.82) is 5.26 Å². The molecule has 6 heteroatoms. The number of benzene rings is 2. The van der Waals surface area contributed by atoms with E-state index in [1.54, 1.807) is 0 Å². The van der Waals surface area contributed by atoms with E-state index in [1.807, 2.05) is 36.4 Å². The SMILES string of the molecule is CS(=O)(=O)O.N#Cc1ccc2[nH]c3ccccc3c2c1. The van der Waals surface area contributed by atoms with Gasteiger partial charge in [0, 0.05) is 21.8 Å². The minimum absolute atomic E-state index is 0.701. The summed E-state index contributed by atoms with van der Waals surface area (Å²) in [6.45, 7) is 0. The Morgan fingerprint density at radius 1 is 1.10 bits per heavy atom. The fraction of sp³-hybridized carbons (Fsp3) is 0.0714. The standard InChI is InChI=1S/C13H8N2.CH4O3S/c14-8-9-5-6-13-11(7-9)10-3-1-2-4-12(10)15-13;1-5(2,3)4/h1-7,15H;1H3,(H,2,3,4). The molecule has 102 valence electrons. The highest BCUT2D eigenvalue weighted by atomic mass is 32.2. The fourth-order valence-electron chi connectivity index (χ4n) is 1.92. The molecule has 2 aromatic carbocycles. The van der Waals surface area contributed by atoms with E-state index in [2.05, 4.69) is 17.1 Å². The third-order valence-corrected chi connectivity index (χ3v) is 2.64. The second kappa shape index (κ2) is 5.33. The minimum Gasteiger partial charge on any atom is -0.355 e. The number of rotatable bonds is 0. The zero-order chi connectivity index (χ0) is 14.8. The van der Waals surface area contributed by atoms with E-state index in [1.165, 1.54) is 5.39 Å². The molecule has 2 N–H and O–H groups in total. The zero-order valence-corrected chi connectivity index (χ0v) is 11.5. The normalized spacial score (nSPS) is 10.8. The van der Waals surface area contributed by atoms with Gasteiger partial charge in [-0.15, -0.1) is 0 Å². The second-order valence-corrected chi connectivity index (χ2v) is 5.74. The van der Waals surface area contributed by atoms with Gasteiger partial charge in [-0.25, -0.2) is 0 Å². The van der Waals surface area contributed by atoms with E-state index in [-0.39, 0.29) is 0 Å². The zero-order valence-electron chi connectivity index (χ0n) is 10.7. The van der Waals surface area contributed by atoms with Crippen LogP contribution in [0.5, 0.6) is 0 Å². The molecule has 0 aliphatic heterocycles. The average Bonchev–Trinajstić information content (AvgIpc) is 2.74. The summed E-state index contributed by atoms with van der Waals surface area (Å²) in [5.74, 6) is 0. The maximum atomic E-state index is 9.19. The fourth-order valence-corrected chi connectivity index (χ4v) is 1.92. The van der Waals surface area contributed by atoms with Gasteiger partial charge in [-0.3, -0.25) is 4.55 Å². The Balaban J connectivity index is 0.000000257. The summed E-state index contributed by atoms with van der Waals surface area (Å²) < 4.78 is 25.9. The van der Waals surface area contributed by atoms with Gasteiger partial charge in [0.1, 0.15) is 0 Å². The number of aromatic nitrogens is 1. The topological polar surface area (TPSA) is 93.9 Å². The molecule has 0 radical (unpaired) electrons. The van der Waals surface area contributed by atoms with Gasteiger partial charge < -0.3 is 4.98 Å². The number of nitriles is 1. The summed E-state index contributed by atoms with van der Waals surface area (Å²) in [5.41, 5.74) is 2.89. The minimum atomic E-state index is -3.67. The molecule has 0 aliphatic carbocycles. The smallest absolute Gasteiger partial charge is 0.261 e. The van der Waals surface area contributed by atoms with Crippen LogP contribution in [0.3, 0.4) is 0 Å². The number of aromatic amines is 1. The van der Waals surface area contributed by atoms with Crippen LogP contribution in [0.1, 0.15) is 5.56 Å². The molecular formula is C14H12N2O3S. The molecule has 0 unspecified atom stereocenters. The van der Waals surface area contributed by atoms with Gasteiger partial charge in [-0.2, -0.15) is 13.7 Å². The van der Waals surface area contributed by atoms with Crippen LogP contribution in [0.15, 0.2) is 42.5 Å². The first-order chi connectivity index (χ1) is 9.38. The van der Waals surface area contributed by atoms with Gasteiger partial charge in [0.15, 0.2) is 0 Å². The Labute approximate surface area is 116 Å². The molecular weight excluding hydrogens is 276 g/mol. The summed E-state index contributed by atoms with van der Waals surface area (Å²) in [7, 11) is -3.67. The predicted octanol–water partition coefficient (Wildman–Crippen LogP) is 2.70. The molecule has 5 nitrogen and oxygen atoms in total. The van der Waals surface area contributed by atoms with Crippen molar-refractivity contribution >= 4 is 31.9 Å². The molecule has 3 rings (SSSR count). The first kappa shape index (κ1) is 14.1. The Morgan fingerprint density at radius 2 is 1.70 bits per heavy atom. The molecule has 1 aromatic heterocycles. The van der Waals surface area contributed by atoms with Crippen molar-refractivity contribution in [3.05, 3.63) is 48.0 Å². The third-order valence-electron chi connectivity index (χ3n) is 2.64. The number of fused-ring (bicyclic) bond motifs is 3. The lowest BCUT2D eigenvalue weighted by molar-refractivity contribution is 0.490. The van der Waals surface area contributed by atoms with E-state index < -0.39 is 10.1 Å². The molecule has 1 heterocycles. The van der Waals surface area contributed by atoms with Gasteiger partial charge in [-0.05, 0) is 24.3 Å². The number of hydrogen-bond donors (Lipinski definition) is 2. The molecule has 0 spiro atoms. The molecule has 0 fully saturated rings. The number of H-pyrrole nitrogens is 1. The van der Waals surface area contributed by atoms with Gasteiger partial charge in [0.25, 0.3) is 10.1 Å². The van der Waals surface area contributed by atoms with Crippen molar-refractivity contribution in [3.63, 3.8) is 0 Å². The van der Waals surface area contributed by atoms with Crippen molar-refractivity contribution in [2.45, 2.75) is 0 Å². The molecule has 0 aliphatic rings. The maximum Gasteiger partial charge on any atom is 0.261 e. The lowest BCUT2D eigenvalue weighted by atomic mass is 10.1. The summed E-state index contributed by atoms with van der Waals surface area (Å²) in [5, 5.41) is 11.1. The molecule has 0 bridgehead atoms. The Morgan fingerprint density at radius 3 is 2.35 bits per heavy atom. The summed E-state index contributed by atoms with van der Waals surface area (Å²) in [6, 6.07) is 16.0. The number of nitrogens with zero attached hydrogens (tertiary/aromatic N) is 1. The highest BCUT2D eigenvalue weighted by molar-refractivity contribution is 7.85. The molecule has 0 saturated carbocycles. The Hall–Kier alpha value is -2.36. The van der Waals surface area contributed by atoms with Gasteiger partial charge >= 0.3 is 0 Å². The van der Waals surface area contributed by atoms with Crippen LogP contribution in [-0.2, 0) is 10.1 Å². The van der Waals surface area contributed by atoms with E-state index in [0.29, 0.717) is 11.8 Å². The number of nitrogens with one attached hydrogen (secondary N) is 1. The molecule has 3 aromatic rings. The van der Waals surface area contributed by atoms with Crippen molar-refractivity contribution in [1.82, 2.24) is 4.98 Å². The molecule has 0 amide bonds. The van der Waals surface area contributed by atoms with Crippen molar-refractivity contribution < 1.29 is 13.0 Å². The van der Waals surface area contributed by atoms with Crippen molar-refractivity contribution in [2.75, 3.05) is 6.26 Å². The predicted molar refractivity (Wildman–Crippen MR) is 78.0 cm³/mol. The van der Waals surface area contributed by atoms with Crippen LogP contribution >= 0.6 is 0 Å². The van der Waals surface area contributed by atoms with E-state index in [0.717, 1.165) is 16.4 Å². The van der Waals surface area contributed by atoms with Crippen LogP contribution < -0.4 is 0 Å². The van der Waals surface area contributed by atoms with Crippen LogP contribution in [0.4, 0.5) is 0 Å². The van der Waals surface area contributed by atoms with Crippen molar-refractivity contribution in [3.8, 4) is 6.07 Å². The molecule has 0 atom stereocenters. The largest absolute Gasteiger partial charge is 0.355 e. The quantitative estimate of drug-likeness (QED) is 0.622. The molecule has 0 saturated heterocycles. The number of hydrogen-bond acceptors (Lipinski definition) is 3. The summed E-state index contributed by atoms with van der Waals surface area (Å²) in [6.07, 6.45) is 0.715. The Bertz CT molecular complexity index is 897. The Kier molecular flexibility index (Phi) is 3.74. The van der Waals surface area contributed by atoms with Crippen molar-refractivity contribution in [2.24, 2.45) is 0 Å². The van der Waals surface area contributed by atoms with Gasteiger partial charge in [0.2, 0.25) is 0 Å².